The van der Waals surface area contributed by atoms with Crippen LogP contribution in [0.4, 0.5) is 0 Å². The number of nitrogens with zero attached hydrogens (tertiary/aromatic N) is 3. The van der Waals surface area contributed by atoms with E-state index < -0.39 is 0 Å². The minimum atomic E-state index is 0.251. The summed E-state index contributed by atoms with van der Waals surface area (Å²) < 4.78 is 2.36. The third-order valence-electron chi connectivity index (χ3n) is 5.07. The predicted molar refractivity (Wildman–Crippen MR) is 80.0 cm³/mol. The van der Waals surface area contributed by atoms with E-state index in [9.17, 15) is 5.11 Å². The summed E-state index contributed by atoms with van der Waals surface area (Å²) in [6.07, 6.45) is 7.85. The van der Waals surface area contributed by atoms with Crippen LogP contribution in [0.2, 0.25) is 0 Å². The molecule has 0 bridgehead atoms. The van der Waals surface area contributed by atoms with Crippen molar-refractivity contribution < 1.29 is 5.11 Å². The standard InChI is InChI=1S/C16H27N3O/c1-12(2)18-8-6-13(7-9-18)16-17-10-14-4-3-5-15(11-20)19(14)16/h10,12-13,15,20H,3-9,11H2,1-2H3. The summed E-state index contributed by atoms with van der Waals surface area (Å²) in [5.74, 6) is 1.81. The van der Waals surface area contributed by atoms with Crippen LogP contribution in [0.3, 0.4) is 0 Å². The van der Waals surface area contributed by atoms with E-state index in [4.69, 9.17) is 4.98 Å². The molecule has 0 radical (unpaired) electrons. The quantitative estimate of drug-likeness (QED) is 0.922. The second-order valence-corrected chi connectivity index (χ2v) is 6.61. The van der Waals surface area contributed by atoms with Gasteiger partial charge in [0, 0.05) is 23.9 Å². The maximum Gasteiger partial charge on any atom is 0.112 e. The topological polar surface area (TPSA) is 41.3 Å². The van der Waals surface area contributed by atoms with Crippen molar-refractivity contribution in [3.8, 4) is 0 Å². The Morgan fingerprint density at radius 2 is 2.05 bits per heavy atom. The lowest BCUT2D eigenvalue weighted by Gasteiger charge is -2.35. The van der Waals surface area contributed by atoms with Gasteiger partial charge in [-0.2, -0.15) is 0 Å². The molecule has 112 valence electrons. The van der Waals surface area contributed by atoms with E-state index in [1.54, 1.807) is 0 Å². The number of aliphatic hydroxyl groups is 1. The third-order valence-corrected chi connectivity index (χ3v) is 5.07. The maximum atomic E-state index is 9.64. The molecule has 20 heavy (non-hydrogen) atoms. The lowest BCUT2D eigenvalue weighted by atomic mass is 9.94. The zero-order chi connectivity index (χ0) is 14.1. The molecule has 1 aromatic rings. The van der Waals surface area contributed by atoms with Crippen molar-refractivity contribution in [2.45, 2.75) is 64.0 Å². The van der Waals surface area contributed by atoms with Crippen LogP contribution in [0.1, 0.15) is 63.0 Å². The number of rotatable bonds is 3. The molecule has 0 amide bonds. The summed E-state index contributed by atoms with van der Waals surface area (Å²) in [5, 5.41) is 9.64. The Morgan fingerprint density at radius 3 is 2.70 bits per heavy atom. The highest BCUT2D eigenvalue weighted by molar-refractivity contribution is 5.14. The van der Waals surface area contributed by atoms with Gasteiger partial charge in [-0.3, -0.25) is 0 Å². The van der Waals surface area contributed by atoms with Crippen molar-refractivity contribution in [1.82, 2.24) is 14.5 Å². The van der Waals surface area contributed by atoms with E-state index >= 15 is 0 Å². The maximum absolute atomic E-state index is 9.64. The molecule has 4 nitrogen and oxygen atoms in total. The highest BCUT2D eigenvalue weighted by Gasteiger charge is 2.29. The van der Waals surface area contributed by atoms with Gasteiger partial charge in [-0.25, -0.2) is 4.98 Å². The number of aliphatic hydroxyl groups excluding tert-OH is 1. The molecule has 3 heterocycles. The fraction of sp³-hybridized carbons (Fsp3) is 0.812. The number of hydrogen-bond acceptors (Lipinski definition) is 3. The Morgan fingerprint density at radius 1 is 1.30 bits per heavy atom. The molecule has 3 rings (SSSR count). The van der Waals surface area contributed by atoms with Crippen LogP contribution in [-0.4, -0.2) is 45.3 Å². The number of hydrogen-bond donors (Lipinski definition) is 1. The average molecular weight is 277 g/mol. The lowest BCUT2D eigenvalue weighted by Crippen LogP contribution is -2.38. The van der Waals surface area contributed by atoms with Gasteiger partial charge < -0.3 is 14.6 Å². The van der Waals surface area contributed by atoms with Gasteiger partial charge in [-0.05, 0) is 59.0 Å². The zero-order valence-electron chi connectivity index (χ0n) is 12.8. The van der Waals surface area contributed by atoms with Crippen molar-refractivity contribution in [2.75, 3.05) is 19.7 Å². The van der Waals surface area contributed by atoms with Crippen LogP contribution in [0, 0.1) is 0 Å². The Hall–Kier alpha value is -0.870. The second-order valence-electron chi connectivity index (χ2n) is 6.61. The van der Waals surface area contributed by atoms with E-state index in [-0.39, 0.29) is 12.6 Å². The largest absolute Gasteiger partial charge is 0.394 e. The summed E-state index contributed by atoms with van der Waals surface area (Å²) in [6, 6.07) is 0.912. The lowest BCUT2D eigenvalue weighted by molar-refractivity contribution is 0.162. The highest BCUT2D eigenvalue weighted by atomic mass is 16.3. The van der Waals surface area contributed by atoms with E-state index in [0.717, 1.165) is 12.8 Å². The summed E-state index contributed by atoms with van der Waals surface area (Å²) in [5.41, 5.74) is 1.33. The van der Waals surface area contributed by atoms with Crippen LogP contribution >= 0.6 is 0 Å². The van der Waals surface area contributed by atoms with Gasteiger partial charge >= 0.3 is 0 Å². The molecule has 1 saturated heterocycles. The van der Waals surface area contributed by atoms with Gasteiger partial charge in [0.25, 0.3) is 0 Å². The van der Waals surface area contributed by atoms with Gasteiger partial charge in [0.15, 0.2) is 0 Å². The highest BCUT2D eigenvalue weighted by Crippen LogP contribution is 2.34. The minimum Gasteiger partial charge on any atom is -0.394 e. The molecular weight excluding hydrogens is 250 g/mol. The predicted octanol–water partition coefficient (Wildman–Crippen LogP) is 2.34. The van der Waals surface area contributed by atoms with E-state index in [2.05, 4.69) is 23.3 Å². The van der Waals surface area contributed by atoms with Gasteiger partial charge in [0.05, 0.1) is 12.6 Å². The number of imidazole rings is 1. The SMILES string of the molecule is CC(C)N1CCC(c2ncc3n2C(CO)CCC3)CC1. The number of fused-ring (bicyclic) bond motifs is 1. The van der Waals surface area contributed by atoms with Gasteiger partial charge in [-0.15, -0.1) is 0 Å². The van der Waals surface area contributed by atoms with Crippen LogP contribution in [0.15, 0.2) is 6.20 Å². The summed E-state index contributed by atoms with van der Waals surface area (Å²) in [7, 11) is 0. The number of likely N-dealkylation sites (tertiary alicyclic amines) is 1. The fourth-order valence-electron chi connectivity index (χ4n) is 3.82. The number of aryl methyl sites for hydroxylation is 1. The first-order valence-electron chi connectivity index (χ1n) is 8.11. The Kier molecular flexibility index (Phi) is 4.13. The van der Waals surface area contributed by atoms with Crippen LogP contribution < -0.4 is 0 Å². The average Bonchev–Trinajstić information content (AvgIpc) is 2.91. The molecule has 2 aliphatic rings. The van der Waals surface area contributed by atoms with Crippen LogP contribution in [-0.2, 0) is 6.42 Å². The molecule has 1 unspecified atom stereocenters. The van der Waals surface area contributed by atoms with Crippen molar-refractivity contribution in [3.05, 3.63) is 17.7 Å². The van der Waals surface area contributed by atoms with Crippen molar-refractivity contribution in [2.24, 2.45) is 0 Å². The second kappa shape index (κ2) is 5.86. The number of aromatic nitrogens is 2. The first kappa shape index (κ1) is 14.1. The zero-order valence-corrected chi connectivity index (χ0v) is 12.8. The molecule has 0 saturated carbocycles. The molecule has 1 atom stereocenters. The Labute approximate surface area is 121 Å². The molecule has 4 heteroatoms. The summed E-state index contributed by atoms with van der Waals surface area (Å²) in [6.45, 7) is 7.16. The first-order chi connectivity index (χ1) is 9.70. The van der Waals surface area contributed by atoms with E-state index in [0.29, 0.717) is 12.0 Å². The molecule has 1 aromatic heterocycles. The van der Waals surface area contributed by atoms with Crippen LogP contribution in [0.25, 0.3) is 0 Å². The molecular formula is C16H27N3O. The first-order valence-corrected chi connectivity index (χ1v) is 8.11. The van der Waals surface area contributed by atoms with Gasteiger partial charge in [0.1, 0.15) is 5.82 Å². The smallest absolute Gasteiger partial charge is 0.112 e. The van der Waals surface area contributed by atoms with Gasteiger partial charge in [-0.1, -0.05) is 0 Å². The van der Waals surface area contributed by atoms with Crippen molar-refractivity contribution >= 4 is 0 Å². The molecule has 0 spiro atoms. The monoisotopic (exact) mass is 277 g/mol. The van der Waals surface area contributed by atoms with Crippen molar-refractivity contribution in [1.29, 1.82) is 0 Å². The Bertz CT molecular complexity index is 447. The molecule has 1 fully saturated rings. The van der Waals surface area contributed by atoms with E-state index in [1.807, 2.05) is 6.20 Å². The molecule has 2 aliphatic heterocycles. The summed E-state index contributed by atoms with van der Waals surface area (Å²) in [4.78, 5) is 7.28. The Balaban J connectivity index is 1.77. The normalized spacial score (nSPS) is 25.1. The number of piperidine rings is 1. The minimum absolute atomic E-state index is 0.251. The molecule has 0 aliphatic carbocycles. The fourth-order valence-corrected chi connectivity index (χ4v) is 3.82. The van der Waals surface area contributed by atoms with Crippen molar-refractivity contribution in [3.63, 3.8) is 0 Å². The third kappa shape index (κ3) is 2.51. The molecule has 1 N–H and O–H groups in total. The van der Waals surface area contributed by atoms with Gasteiger partial charge in [0.2, 0.25) is 0 Å². The molecule has 0 aromatic carbocycles. The van der Waals surface area contributed by atoms with Crippen LogP contribution in [0.5, 0.6) is 0 Å². The summed E-state index contributed by atoms with van der Waals surface area (Å²) >= 11 is 0. The van der Waals surface area contributed by atoms with E-state index in [1.165, 1.54) is 43.9 Å².